The summed E-state index contributed by atoms with van der Waals surface area (Å²) in [5.41, 5.74) is 0.934. The number of hydrogen-bond donors (Lipinski definition) is 1. The topological polar surface area (TPSA) is 56.8 Å². The standard InChI is InChI=1S/C11H13NO4.ClH/c1-14-9-4-3-7(5-10(9)15-2)8-6-16-11(13)12-8;/h3-5,8H,6H2,1-2H3,(H,12,13);1H/t8-;/m1./s1. The highest BCUT2D eigenvalue weighted by Crippen LogP contribution is 2.30. The van der Waals surface area contributed by atoms with Crippen molar-refractivity contribution in [3.63, 3.8) is 0 Å². The third-order valence-corrected chi connectivity index (χ3v) is 2.48. The van der Waals surface area contributed by atoms with E-state index in [4.69, 9.17) is 14.2 Å². The third kappa shape index (κ3) is 2.74. The molecular formula is C11H14ClNO4. The van der Waals surface area contributed by atoms with Crippen LogP contribution in [0.4, 0.5) is 4.79 Å². The molecule has 94 valence electrons. The molecule has 5 nitrogen and oxygen atoms in total. The van der Waals surface area contributed by atoms with E-state index in [1.165, 1.54) is 0 Å². The highest BCUT2D eigenvalue weighted by Gasteiger charge is 2.24. The normalized spacial score (nSPS) is 17.8. The monoisotopic (exact) mass is 259 g/mol. The SMILES string of the molecule is COc1ccc([C@H]2COC(=O)N2)cc1OC.Cl. The minimum Gasteiger partial charge on any atom is -0.493 e. The number of benzene rings is 1. The predicted octanol–water partition coefficient (Wildman–Crippen LogP) is 1.91. The number of cyclic esters (lactones) is 1. The van der Waals surface area contributed by atoms with Gasteiger partial charge in [-0.25, -0.2) is 4.79 Å². The zero-order valence-electron chi connectivity index (χ0n) is 9.56. The lowest BCUT2D eigenvalue weighted by molar-refractivity contribution is 0.177. The Hall–Kier alpha value is -1.62. The largest absolute Gasteiger partial charge is 0.493 e. The molecule has 1 aromatic carbocycles. The van der Waals surface area contributed by atoms with Crippen molar-refractivity contribution in [2.45, 2.75) is 6.04 Å². The number of alkyl carbamates (subject to hydrolysis) is 1. The van der Waals surface area contributed by atoms with E-state index >= 15 is 0 Å². The first-order chi connectivity index (χ1) is 7.74. The maximum Gasteiger partial charge on any atom is 0.407 e. The Morgan fingerprint density at radius 1 is 1.29 bits per heavy atom. The molecule has 1 heterocycles. The maximum atomic E-state index is 10.9. The van der Waals surface area contributed by atoms with Crippen molar-refractivity contribution in [2.75, 3.05) is 20.8 Å². The Morgan fingerprint density at radius 2 is 2.00 bits per heavy atom. The molecule has 1 fully saturated rings. The summed E-state index contributed by atoms with van der Waals surface area (Å²) in [4.78, 5) is 10.9. The van der Waals surface area contributed by atoms with E-state index in [-0.39, 0.29) is 24.5 Å². The van der Waals surface area contributed by atoms with Crippen LogP contribution < -0.4 is 14.8 Å². The van der Waals surface area contributed by atoms with Crippen molar-refractivity contribution in [1.29, 1.82) is 0 Å². The summed E-state index contributed by atoms with van der Waals surface area (Å²) >= 11 is 0. The van der Waals surface area contributed by atoms with Crippen molar-refractivity contribution in [1.82, 2.24) is 5.32 Å². The average Bonchev–Trinajstić information content (AvgIpc) is 2.75. The number of carbonyl (C=O) groups is 1. The number of nitrogens with one attached hydrogen (secondary N) is 1. The van der Waals surface area contributed by atoms with Gasteiger partial charge in [0.2, 0.25) is 0 Å². The molecule has 1 saturated heterocycles. The molecule has 1 aromatic rings. The van der Waals surface area contributed by atoms with Crippen LogP contribution in [0.2, 0.25) is 0 Å². The van der Waals surface area contributed by atoms with Gasteiger partial charge in [-0.3, -0.25) is 0 Å². The second-order valence-corrected chi connectivity index (χ2v) is 3.41. The van der Waals surface area contributed by atoms with E-state index in [2.05, 4.69) is 5.32 Å². The van der Waals surface area contributed by atoms with Crippen LogP contribution in [0.15, 0.2) is 18.2 Å². The Kier molecular flexibility index (Phi) is 4.45. The number of rotatable bonds is 3. The Labute approximate surface area is 105 Å². The van der Waals surface area contributed by atoms with Gasteiger partial charge in [0.05, 0.1) is 20.3 Å². The van der Waals surface area contributed by atoms with E-state index in [0.29, 0.717) is 18.1 Å². The quantitative estimate of drug-likeness (QED) is 0.901. The van der Waals surface area contributed by atoms with Gasteiger partial charge in [0, 0.05) is 0 Å². The fraction of sp³-hybridized carbons (Fsp3) is 0.364. The number of carbonyl (C=O) groups excluding carboxylic acids is 1. The van der Waals surface area contributed by atoms with E-state index in [1.54, 1.807) is 20.3 Å². The van der Waals surface area contributed by atoms with Crippen LogP contribution in [0.5, 0.6) is 11.5 Å². The van der Waals surface area contributed by atoms with Gasteiger partial charge in [0.15, 0.2) is 11.5 Å². The van der Waals surface area contributed by atoms with Crippen LogP contribution in [-0.4, -0.2) is 26.9 Å². The average molecular weight is 260 g/mol. The van der Waals surface area contributed by atoms with Gasteiger partial charge in [-0.1, -0.05) is 6.07 Å². The van der Waals surface area contributed by atoms with Crippen molar-refractivity contribution in [3.8, 4) is 11.5 Å². The van der Waals surface area contributed by atoms with E-state index < -0.39 is 0 Å². The number of hydrogen-bond acceptors (Lipinski definition) is 4. The van der Waals surface area contributed by atoms with Gasteiger partial charge < -0.3 is 19.5 Å². The number of ether oxygens (including phenoxy) is 3. The molecule has 0 aliphatic carbocycles. The summed E-state index contributed by atoms with van der Waals surface area (Å²) in [5, 5.41) is 2.70. The highest BCUT2D eigenvalue weighted by molar-refractivity contribution is 5.85. The first kappa shape index (κ1) is 13.4. The van der Waals surface area contributed by atoms with E-state index in [0.717, 1.165) is 5.56 Å². The van der Waals surface area contributed by atoms with Crippen LogP contribution >= 0.6 is 12.4 Å². The molecule has 2 rings (SSSR count). The molecule has 0 aromatic heterocycles. The fourth-order valence-electron chi connectivity index (χ4n) is 1.63. The molecule has 1 aliphatic rings. The molecule has 1 aliphatic heterocycles. The van der Waals surface area contributed by atoms with Gasteiger partial charge in [-0.15, -0.1) is 12.4 Å². The second kappa shape index (κ2) is 5.63. The maximum absolute atomic E-state index is 10.9. The lowest BCUT2D eigenvalue weighted by Crippen LogP contribution is -2.18. The van der Waals surface area contributed by atoms with Crippen LogP contribution in [0, 0.1) is 0 Å². The smallest absolute Gasteiger partial charge is 0.407 e. The van der Waals surface area contributed by atoms with Crippen LogP contribution in [0.3, 0.4) is 0 Å². The van der Waals surface area contributed by atoms with Crippen LogP contribution in [-0.2, 0) is 4.74 Å². The Balaban J connectivity index is 0.00000144. The van der Waals surface area contributed by atoms with Gasteiger partial charge in [-0.05, 0) is 17.7 Å². The van der Waals surface area contributed by atoms with Crippen molar-refractivity contribution in [2.24, 2.45) is 0 Å². The summed E-state index contributed by atoms with van der Waals surface area (Å²) in [6.07, 6.45) is -0.389. The summed E-state index contributed by atoms with van der Waals surface area (Å²) in [6.45, 7) is 0.342. The molecule has 0 radical (unpaired) electrons. The minimum atomic E-state index is -0.389. The molecule has 1 amide bonds. The summed E-state index contributed by atoms with van der Waals surface area (Å²) in [6, 6.07) is 5.39. The zero-order chi connectivity index (χ0) is 11.5. The lowest BCUT2D eigenvalue weighted by atomic mass is 10.1. The highest BCUT2D eigenvalue weighted by atomic mass is 35.5. The van der Waals surface area contributed by atoms with E-state index in [9.17, 15) is 4.79 Å². The number of amides is 1. The molecule has 0 bridgehead atoms. The van der Waals surface area contributed by atoms with Crippen LogP contribution in [0.25, 0.3) is 0 Å². The lowest BCUT2D eigenvalue weighted by Gasteiger charge is -2.12. The molecule has 0 unspecified atom stereocenters. The Bertz CT molecular complexity index is 410. The molecule has 1 atom stereocenters. The first-order valence-corrected chi connectivity index (χ1v) is 4.90. The van der Waals surface area contributed by atoms with Crippen molar-refractivity contribution < 1.29 is 19.0 Å². The molecular weight excluding hydrogens is 246 g/mol. The predicted molar refractivity (Wildman–Crippen MR) is 64.0 cm³/mol. The minimum absolute atomic E-state index is 0. The van der Waals surface area contributed by atoms with Gasteiger partial charge >= 0.3 is 6.09 Å². The fourth-order valence-corrected chi connectivity index (χ4v) is 1.63. The second-order valence-electron chi connectivity index (χ2n) is 3.41. The van der Waals surface area contributed by atoms with Gasteiger partial charge in [-0.2, -0.15) is 0 Å². The summed E-state index contributed by atoms with van der Waals surface area (Å²) in [5.74, 6) is 1.30. The molecule has 1 N–H and O–H groups in total. The summed E-state index contributed by atoms with van der Waals surface area (Å²) < 4.78 is 15.1. The molecule has 6 heteroatoms. The third-order valence-electron chi connectivity index (χ3n) is 2.48. The first-order valence-electron chi connectivity index (χ1n) is 4.90. The van der Waals surface area contributed by atoms with E-state index in [1.807, 2.05) is 12.1 Å². The van der Waals surface area contributed by atoms with Crippen LogP contribution in [0.1, 0.15) is 11.6 Å². The summed E-state index contributed by atoms with van der Waals surface area (Å²) in [7, 11) is 3.16. The number of methoxy groups -OCH3 is 2. The van der Waals surface area contributed by atoms with Gasteiger partial charge in [0.25, 0.3) is 0 Å². The zero-order valence-corrected chi connectivity index (χ0v) is 10.4. The van der Waals surface area contributed by atoms with Gasteiger partial charge in [0.1, 0.15) is 6.61 Å². The van der Waals surface area contributed by atoms with Crippen molar-refractivity contribution in [3.05, 3.63) is 23.8 Å². The molecule has 0 spiro atoms. The number of halogens is 1. The van der Waals surface area contributed by atoms with Crippen molar-refractivity contribution >= 4 is 18.5 Å². The molecule has 17 heavy (non-hydrogen) atoms. The molecule has 0 saturated carbocycles. The Morgan fingerprint density at radius 3 is 2.53 bits per heavy atom.